The number of hydrogen-bond acceptors (Lipinski definition) is 2. The van der Waals surface area contributed by atoms with Gasteiger partial charge in [-0.25, -0.2) is 0 Å². The summed E-state index contributed by atoms with van der Waals surface area (Å²) in [6.07, 6.45) is 0. The van der Waals surface area contributed by atoms with Crippen molar-refractivity contribution in [3.05, 3.63) is 83.4 Å². The van der Waals surface area contributed by atoms with E-state index in [1.165, 1.54) is 5.56 Å². The molecule has 0 atom stereocenters. The van der Waals surface area contributed by atoms with Crippen molar-refractivity contribution >= 4 is 11.6 Å². The third-order valence-corrected chi connectivity index (χ3v) is 4.49. The molecule has 0 spiro atoms. The minimum atomic E-state index is -0.165. The second-order valence-corrected chi connectivity index (χ2v) is 6.47. The van der Waals surface area contributed by atoms with Gasteiger partial charge in [-0.3, -0.25) is 4.79 Å². The van der Waals surface area contributed by atoms with Crippen LogP contribution in [0.25, 0.3) is 11.1 Å². The zero-order chi connectivity index (χ0) is 18.5. The minimum absolute atomic E-state index is 0.0166. The first-order valence-corrected chi connectivity index (χ1v) is 8.69. The Morgan fingerprint density at radius 3 is 2.12 bits per heavy atom. The highest BCUT2D eigenvalue weighted by Crippen LogP contribution is 2.23. The number of anilines is 1. The normalized spacial score (nSPS) is 10.4. The largest absolute Gasteiger partial charge is 0.484 e. The van der Waals surface area contributed by atoms with Crippen molar-refractivity contribution in [3.63, 3.8) is 0 Å². The van der Waals surface area contributed by atoms with Crippen LogP contribution < -0.4 is 10.1 Å². The first-order chi connectivity index (χ1) is 12.5. The summed E-state index contributed by atoms with van der Waals surface area (Å²) in [6.45, 7) is 6.08. The number of amides is 1. The van der Waals surface area contributed by atoms with Gasteiger partial charge in [0.15, 0.2) is 6.61 Å². The second-order valence-electron chi connectivity index (χ2n) is 6.47. The molecule has 0 unspecified atom stereocenters. The molecule has 3 nitrogen and oxygen atoms in total. The van der Waals surface area contributed by atoms with Crippen LogP contribution in [0.3, 0.4) is 0 Å². The topological polar surface area (TPSA) is 38.3 Å². The van der Waals surface area contributed by atoms with Crippen LogP contribution in [0.2, 0.25) is 0 Å². The van der Waals surface area contributed by atoms with Gasteiger partial charge in [-0.2, -0.15) is 0 Å². The zero-order valence-electron chi connectivity index (χ0n) is 15.4. The lowest BCUT2D eigenvalue weighted by Crippen LogP contribution is -2.20. The number of nitrogens with one attached hydrogen (secondary N) is 1. The number of hydrogen-bond donors (Lipinski definition) is 1. The minimum Gasteiger partial charge on any atom is -0.484 e. The molecule has 0 heterocycles. The van der Waals surface area contributed by atoms with Gasteiger partial charge in [-0.1, -0.05) is 54.1 Å². The van der Waals surface area contributed by atoms with Gasteiger partial charge in [0.2, 0.25) is 0 Å². The highest BCUT2D eigenvalue weighted by atomic mass is 16.5. The molecule has 0 aromatic heterocycles. The third kappa shape index (κ3) is 4.31. The summed E-state index contributed by atoms with van der Waals surface area (Å²) in [4.78, 5) is 12.1. The van der Waals surface area contributed by atoms with E-state index in [1.807, 2.05) is 56.3 Å². The van der Waals surface area contributed by atoms with Crippen molar-refractivity contribution in [2.75, 3.05) is 11.9 Å². The van der Waals surface area contributed by atoms with Crippen LogP contribution in [-0.4, -0.2) is 12.5 Å². The van der Waals surface area contributed by atoms with Crippen LogP contribution in [0.15, 0.2) is 66.7 Å². The fraction of sp³-hybridized carbons (Fsp3) is 0.174. The van der Waals surface area contributed by atoms with E-state index in [0.29, 0.717) is 5.75 Å². The number of ether oxygens (including phenoxy) is 1. The SMILES string of the molecule is Cc1ccc(-c2ccc(OCC(=O)Nc3cccc(C)c3C)cc2)cc1. The predicted molar refractivity (Wildman–Crippen MR) is 107 cm³/mol. The second kappa shape index (κ2) is 7.87. The van der Waals surface area contributed by atoms with Gasteiger partial charge in [-0.05, 0) is 61.2 Å². The maximum atomic E-state index is 12.1. The van der Waals surface area contributed by atoms with Crippen molar-refractivity contribution in [1.82, 2.24) is 0 Å². The molecule has 0 aliphatic rings. The molecular formula is C23H23NO2. The standard InChI is InChI=1S/C23H23NO2/c1-16-7-9-19(10-8-16)20-11-13-21(14-12-20)26-15-23(25)24-22-6-4-5-17(2)18(22)3/h4-14H,15H2,1-3H3,(H,24,25). The van der Waals surface area contributed by atoms with Gasteiger partial charge in [-0.15, -0.1) is 0 Å². The molecule has 0 bridgehead atoms. The molecule has 3 aromatic carbocycles. The smallest absolute Gasteiger partial charge is 0.262 e. The highest BCUT2D eigenvalue weighted by Gasteiger charge is 2.07. The number of benzene rings is 3. The van der Waals surface area contributed by atoms with Crippen molar-refractivity contribution < 1.29 is 9.53 Å². The van der Waals surface area contributed by atoms with Crippen molar-refractivity contribution in [2.45, 2.75) is 20.8 Å². The van der Waals surface area contributed by atoms with Crippen molar-refractivity contribution in [2.24, 2.45) is 0 Å². The van der Waals surface area contributed by atoms with Gasteiger partial charge in [0.1, 0.15) is 5.75 Å². The van der Waals surface area contributed by atoms with Crippen LogP contribution in [-0.2, 0) is 4.79 Å². The summed E-state index contributed by atoms with van der Waals surface area (Å²) < 4.78 is 5.61. The molecule has 0 fully saturated rings. The lowest BCUT2D eigenvalue weighted by molar-refractivity contribution is -0.118. The maximum Gasteiger partial charge on any atom is 0.262 e. The molecule has 1 amide bonds. The fourth-order valence-electron chi connectivity index (χ4n) is 2.71. The number of carbonyl (C=O) groups excluding carboxylic acids is 1. The molecule has 0 saturated heterocycles. The van der Waals surface area contributed by atoms with Crippen LogP contribution >= 0.6 is 0 Å². The Hall–Kier alpha value is -3.07. The Kier molecular flexibility index (Phi) is 5.37. The monoisotopic (exact) mass is 345 g/mol. The van der Waals surface area contributed by atoms with E-state index in [0.717, 1.165) is 27.9 Å². The van der Waals surface area contributed by atoms with Crippen molar-refractivity contribution in [3.8, 4) is 16.9 Å². The first-order valence-electron chi connectivity index (χ1n) is 8.69. The van der Waals surface area contributed by atoms with Gasteiger partial charge in [0.05, 0.1) is 0 Å². The molecule has 0 saturated carbocycles. The Morgan fingerprint density at radius 1 is 0.846 bits per heavy atom. The van der Waals surface area contributed by atoms with Gasteiger partial charge in [0, 0.05) is 5.69 Å². The maximum absolute atomic E-state index is 12.1. The number of aryl methyl sites for hydroxylation is 2. The quantitative estimate of drug-likeness (QED) is 0.682. The highest BCUT2D eigenvalue weighted by molar-refractivity contribution is 5.92. The van der Waals surface area contributed by atoms with E-state index >= 15 is 0 Å². The summed E-state index contributed by atoms with van der Waals surface area (Å²) in [5, 5.41) is 2.90. The van der Waals surface area contributed by atoms with Crippen LogP contribution in [0, 0.1) is 20.8 Å². The van der Waals surface area contributed by atoms with E-state index in [9.17, 15) is 4.79 Å². The Morgan fingerprint density at radius 2 is 1.46 bits per heavy atom. The summed E-state index contributed by atoms with van der Waals surface area (Å²) in [5.41, 5.74) is 6.57. The summed E-state index contributed by atoms with van der Waals surface area (Å²) >= 11 is 0. The molecule has 3 heteroatoms. The average Bonchev–Trinajstić information content (AvgIpc) is 2.65. The molecule has 0 aliphatic carbocycles. The molecule has 26 heavy (non-hydrogen) atoms. The summed E-state index contributed by atoms with van der Waals surface area (Å²) in [7, 11) is 0. The third-order valence-electron chi connectivity index (χ3n) is 4.49. The zero-order valence-corrected chi connectivity index (χ0v) is 15.4. The first kappa shape index (κ1) is 17.7. The Bertz CT molecular complexity index is 896. The van der Waals surface area contributed by atoms with Gasteiger partial charge >= 0.3 is 0 Å². The van der Waals surface area contributed by atoms with Crippen LogP contribution in [0.5, 0.6) is 5.75 Å². The fourth-order valence-corrected chi connectivity index (χ4v) is 2.71. The predicted octanol–water partition coefficient (Wildman–Crippen LogP) is 5.30. The van der Waals surface area contributed by atoms with E-state index in [4.69, 9.17) is 4.74 Å². The molecule has 0 aliphatic heterocycles. The molecule has 3 aromatic rings. The van der Waals surface area contributed by atoms with E-state index in [-0.39, 0.29) is 12.5 Å². The lowest BCUT2D eigenvalue weighted by Gasteiger charge is -2.11. The molecule has 132 valence electrons. The molecule has 1 N–H and O–H groups in total. The number of carbonyl (C=O) groups is 1. The van der Waals surface area contributed by atoms with E-state index < -0.39 is 0 Å². The average molecular weight is 345 g/mol. The van der Waals surface area contributed by atoms with Crippen LogP contribution in [0.1, 0.15) is 16.7 Å². The van der Waals surface area contributed by atoms with Gasteiger partial charge < -0.3 is 10.1 Å². The van der Waals surface area contributed by atoms with Crippen molar-refractivity contribution in [1.29, 1.82) is 0 Å². The molecule has 3 rings (SSSR count). The number of rotatable bonds is 5. The van der Waals surface area contributed by atoms with E-state index in [2.05, 4.69) is 36.5 Å². The Labute approximate surface area is 154 Å². The lowest BCUT2D eigenvalue weighted by atomic mass is 10.0. The van der Waals surface area contributed by atoms with Crippen LogP contribution in [0.4, 0.5) is 5.69 Å². The molecular weight excluding hydrogens is 322 g/mol. The summed E-state index contributed by atoms with van der Waals surface area (Å²) in [6, 6.07) is 22.0. The summed E-state index contributed by atoms with van der Waals surface area (Å²) in [5.74, 6) is 0.512. The van der Waals surface area contributed by atoms with Gasteiger partial charge in [0.25, 0.3) is 5.91 Å². The molecule has 0 radical (unpaired) electrons. The Balaban J connectivity index is 1.58. The van der Waals surface area contributed by atoms with E-state index in [1.54, 1.807) is 0 Å².